The van der Waals surface area contributed by atoms with E-state index in [4.69, 9.17) is 10.8 Å². The molecule has 0 aromatic carbocycles. The van der Waals surface area contributed by atoms with E-state index in [0.717, 1.165) is 0 Å². The Kier molecular flexibility index (Phi) is 5.55. The SMILES string of the molecule is CCC(=CCN(C)CC(N)=O)C(=O)O. The van der Waals surface area contributed by atoms with Crippen molar-refractivity contribution in [3.8, 4) is 0 Å². The number of carboxylic acid groups (broad SMARTS) is 1. The molecule has 0 fully saturated rings. The lowest BCUT2D eigenvalue weighted by molar-refractivity contribution is -0.132. The number of carboxylic acids is 1. The van der Waals surface area contributed by atoms with Crippen LogP contribution in [-0.4, -0.2) is 42.0 Å². The van der Waals surface area contributed by atoms with Gasteiger partial charge in [0.05, 0.1) is 6.54 Å². The first kappa shape index (κ1) is 12.6. The van der Waals surface area contributed by atoms with Crippen molar-refractivity contribution in [1.29, 1.82) is 0 Å². The number of carbonyl (C=O) groups is 2. The summed E-state index contributed by atoms with van der Waals surface area (Å²) >= 11 is 0. The van der Waals surface area contributed by atoms with Crippen LogP contribution in [0.15, 0.2) is 11.6 Å². The second kappa shape index (κ2) is 6.15. The summed E-state index contributed by atoms with van der Waals surface area (Å²) in [5.74, 6) is -1.34. The van der Waals surface area contributed by atoms with E-state index in [1.54, 1.807) is 24.9 Å². The van der Waals surface area contributed by atoms with Crippen LogP contribution in [-0.2, 0) is 9.59 Å². The number of hydrogen-bond acceptors (Lipinski definition) is 3. The number of nitrogens with zero attached hydrogens (tertiary/aromatic N) is 1. The summed E-state index contributed by atoms with van der Waals surface area (Å²) in [5.41, 5.74) is 5.32. The van der Waals surface area contributed by atoms with Gasteiger partial charge in [0.25, 0.3) is 0 Å². The van der Waals surface area contributed by atoms with Crippen LogP contribution in [0.2, 0.25) is 0 Å². The highest BCUT2D eigenvalue weighted by atomic mass is 16.4. The van der Waals surface area contributed by atoms with E-state index in [1.807, 2.05) is 0 Å². The summed E-state index contributed by atoms with van der Waals surface area (Å²) in [7, 11) is 1.70. The lowest BCUT2D eigenvalue weighted by atomic mass is 10.2. The van der Waals surface area contributed by atoms with Crippen LogP contribution in [0.3, 0.4) is 0 Å². The molecule has 0 aromatic heterocycles. The number of primary amides is 1. The molecular weight excluding hydrogens is 184 g/mol. The summed E-state index contributed by atoms with van der Waals surface area (Å²) in [5, 5.41) is 8.69. The molecule has 3 N–H and O–H groups in total. The van der Waals surface area contributed by atoms with Crippen LogP contribution in [0.4, 0.5) is 0 Å². The fraction of sp³-hybridized carbons (Fsp3) is 0.556. The Morgan fingerprint density at radius 3 is 2.43 bits per heavy atom. The van der Waals surface area contributed by atoms with Gasteiger partial charge in [0, 0.05) is 12.1 Å². The number of amides is 1. The topological polar surface area (TPSA) is 83.6 Å². The van der Waals surface area contributed by atoms with Gasteiger partial charge in [-0.2, -0.15) is 0 Å². The number of rotatable bonds is 6. The van der Waals surface area contributed by atoms with Gasteiger partial charge in [-0.1, -0.05) is 13.0 Å². The van der Waals surface area contributed by atoms with E-state index in [-0.39, 0.29) is 6.54 Å². The zero-order chi connectivity index (χ0) is 11.1. The maximum absolute atomic E-state index is 10.6. The van der Waals surface area contributed by atoms with Gasteiger partial charge in [-0.3, -0.25) is 9.69 Å². The highest BCUT2D eigenvalue weighted by Gasteiger charge is 2.05. The van der Waals surface area contributed by atoms with Gasteiger partial charge >= 0.3 is 5.97 Å². The van der Waals surface area contributed by atoms with Crippen LogP contribution in [0.25, 0.3) is 0 Å². The first-order chi connectivity index (χ1) is 6.47. The molecular formula is C9H16N2O3. The van der Waals surface area contributed by atoms with Crippen molar-refractivity contribution in [2.75, 3.05) is 20.1 Å². The molecule has 0 aliphatic carbocycles. The van der Waals surface area contributed by atoms with Crippen molar-refractivity contribution in [1.82, 2.24) is 4.90 Å². The van der Waals surface area contributed by atoms with Crippen LogP contribution in [0.5, 0.6) is 0 Å². The Hall–Kier alpha value is -1.36. The van der Waals surface area contributed by atoms with Gasteiger partial charge in [0.2, 0.25) is 5.91 Å². The van der Waals surface area contributed by atoms with Gasteiger partial charge in [0.1, 0.15) is 0 Å². The monoisotopic (exact) mass is 200 g/mol. The predicted molar refractivity (Wildman–Crippen MR) is 52.7 cm³/mol. The van der Waals surface area contributed by atoms with Gasteiger partial charge in [-0.05, 0) is 13.5 Å². The molecule has 0 atom stereocenters. The molecule has 0 saturated carbocycles. The molecule has 0 aliphatic rings. The number of aliphatic carboxylic acids is 1. The average Bonchev–Trinajstić information content (AvgIpc) is 2.03. The van der Waals surface area contributed by atoms with Gasteiger partial charge < -0.3 is 10.8 Å². The molecule has 0 unspecified atom stereocenters. The Morgan fingerprint density at radius 2 is 2.07 bits per heavy atom. The molecule has 5 nitrogen and oxygen atoms in total. The summed E-state index contributed by atoms with van der Waals surface area (Å²) < 4.78 is 0. The van der Waals surface area contributed by atoms with E-state index in [1.165, 1.54) is 0 Å². The maximum Gasteiger partial charge on any atom is 0.331 e. The third kappa shape index (κ3) is 5.31. The summed E-state index contributed by atoms with van der Waals surface area (Å²) in [6.45, 7) is 2.32. The second-order valence-electron chi connectivity index (χ2n) is 3.05. The minimum atomic E-state index is -0.917. The van der Waals surface area contributed by atoms with Crippen LogP contribution in [0, 0.1) is 0 Å². The molecule has 1 amide bonds. The van der Waals surface area contributed by atoms with Crippen molar-refractivity contribution in [3.05, 3.63) is 11.6 Å². The zero-order valence-corrected chi connectivity index (χ0v) is 8.49. The summed E-state index contributed by atoms with van der Waals surface area (Å²) in [6.07, 6.45) is 2.06. The first-order valence-electron chi connectivity index (χ1n) is 4.36. The largest absolute Gasteiger partial charge is 0.478 e. The molecule has 0 aromatic rings. The Balaban J connectivity index is 4.11. The molecule has 14 heavy (non-hydrogen) atoms. The van der Waals surface area contributed by atoms with Crippen LogP contribution < -0.4 is 5.73 Å². The highest BCUT2D eigenvalue weighted by molar-refractivity contribution is 5.86. The molecule has 0 heterocycles. The first-order valence-corrected chi connectivity index (χ1v) is 4.36. The third-order valence-electron chi connectivity index (χ3n) is 1.73. The van der Waals surface area contributed by atoms with E-state index >= 15 is 0 Å². The van der Waals surface area contributed by atoms with Crippen molar-refractivity contribution in [2.45, 2.75) is 13.3 Å². The molecule has 0 bridgehead atoms. The predicted octanol–water partition coefficient (Wildman–Crippen LogP) is -0.175. The molecule has 0 rings (SSSR count). The van der Waals surface area contributed by atoms with Crippen LogP contribution in [0.1, 0.15) is 13.3 Å². The molecule has 0 radical (unpaired) electrons. The standard InChI is InChI=1S/C9H16N2O3/c1-3-7(9(13)14)4-5-11(2)6-8(10)12/h4H,3,5-6H2,1-2H3,(H2,10,12)(H,13,14). The quantitative estimate of drug-likeness (QED) is 0.583. The maximum atomic E-state index is 10.6. The molecule has 80 valence electrons. The Morgan fingerprint density at radius 1 is 1.50 bits per heavy atom. The van der Waals surface area contributed by atoms with Gasteiger partial charge in [-0.25, -0.2) is 4.79 Å². The van der Waals surface area contributed by atoms with E-state index < -0.39 is 11.9 Å². The molecule has 0 aliphatic heterocycles. The van der Waals surface area contributed by atoms with Crippen molar-refractivity contribution >= 4 is 11.9 Å². The van der Waals surface area contributed by atoms with E-state index in [0.29, 0.717) is 18.5 Å². The minimum absolute atomic E-state index is 0.132. The molecule has 0 saturated heterocycles. The second-order valence-corrected chi connectivity index (χ2v) is 3.05. The Bertz CT molecular complexity index is 248. The van der Waals surface area contributed by atoms with Crippen molar-refractivity contribution in [3.63, 3.8) is 0 Å². The number of nitrogens with two attached hydrogens (primary N) is 1. The van der Waals surface area contributed by atoms with Gasteiger partial charge in [-0.15, -0.1) is 0 Å². The fourth-order valence-electron chi connectivity index (χ4n) is 0.979. The number of likely N-dealkylation sites (N-methyl/N-ethyl adjacent to an activating group) is 1. The number of carbonyl (C=O) groups excluding carboxylic acids is 1. The lowest BCUT2D eigenvalue weighted by Gasteiger charge is -2.11. The van der Waals surface area contributed by atoms with Crippen LogP contribution >= 0.6 is 0 Å². The zero-order valence-electron chi connectivity index (χ0n) is 8.49. The fourth-order valence-corrected chi connectivity index (χ4v) is 0.979. The molecule has 5 heteroatoms. The smallest absolute Gasteiger partial charge is 0.331 e. The van der Waals surface area contributed by atoms with Crippen molar-refractivity contribution in [2.24, 2.45) is 5.73 Å². The van der Waals surface area contributed by atoms with Gasteiger partial charge in [0.15, 0.2) is 0 Å². The highest BCUT2D eigenvalue weighted by Crippen LogP contribution is 2.00. The third-order valence-corrected chi connectivity index (χ3v) is 1.73. The van der Waals surface area contributed by atoms with E-state index in [2.05, 4.69) is 0 Å². The normalized spacial score (nSPS) is 11.8. The number of hydrogen-bond donors (Lipinski definition) is 2. The molecule has 0 spiro atoms. The lowest BCUT2D eigenvalue weighted by Crippen LogP contribution is -2.30. The summed E-state index contributed by atoms with van der Waals surface area (Å²) in [4.78, 5) is 22.7. The van der Waals surface area contributed by atoms with Crippen molar-refractivity contribution < 1.29 is 14.7 Å². The minimum Gasteiger partial charge on any atom is -0.478 e. The van der Waals surface area contributed by atoms with E-state index in [9.17, 15) is 9.59 Å². The summed E-state index contributed by atoms with van der Waals surface area (Å²) in [6, 6.07) is 0. The average molecular weight is 200 g/mol. The Labute approximate surface area is 83.2 Å².